The lowest BCUT2D eigenvalue weighted by molar-refractivity contribution is -0.137. The molecule has 1 atom stereocenters. The number of benzene rings is 3. The fraction of sp³-hybridized carbons (Fsp3) is 0.125. The number of guanidine groups is 1. The lowest BCUT2D eigenvalue weighted by Crippen LogP contribution is -2.33. The Labute approximate surface area is 208 Å². The molecule has 0 bridgehead atoms. The van der Waals surface area contributed by atoms with Crippen molar-refractivity contribution >= 4 is 33.5 Å². The van der Waals surface area contributed by atoms with E-state index in [0.717, 1.165) is 0 Å². The van der Waals surface area contributed by atoms with Gasteiger partial charge in [0.25, 0.3) is 15.9 Å². The van der Waals surface area contributed by atoms with Gasteiger partial charge >= 0.3 is 5.97 Å². The molecule has 0 heterocycles. The van der Waals surface area contributed by atoms with Gasteiger partial charge < -0.3 is 26.6 Å². The summed E-state index contributed by atoms with van der Waals surface area (Å²) in [5.74, 6) is -1.64. The number of nitrogens with two attached hydrogens (primary N) is 2. The fourth-order valence-electron chi connectivity index (χ4n) is 3.32. The van der Waals surface area contributed by atoms with Gasteiger partial charge in [-0.25, -0.2) is 0 Å². The Bertz CT molecular complexity index is 1360. The van der Waals surface area contributed by atoms with Gasteiger partial charge in [-0.05, 0) is 54.1 Å². The normalized spacial score (nSPS) is 11.7. The van der Waals surface area contributed by atoms with Crippen LogP contribution in [0.2, 0.25) is 0 Å². The van der Waals surface area contributed by atoms with E-state index >= 15 is 0 Å². The summed E-state index contributed by atoms with van der Waals surface area (Å²) in [7, 11) is -2.72. The van der Waals surface area contributed by atoms with E-state index in [0.29, 0.717) is 15.7 Å². The summed E-state index contributed by atoms with van der Waals surface area (Å²) in [6, 6.07) is 18.7. The number of hydrazone groups is 1. The Balaban J connectivity index is 1.99. The van der Waals surface area contributed by atoms with Crippen molar-refractivity contribution < 1.29 is 27.9 Å². The zero-order chi connectivity index (χ0) is 26.3. The van der Waals surface area contributed by atoms with Crippen LogP contribution in [0.15, 0.2) is 88.9 Å². The van der Waals surface area contributed by atoms with Crippen molar-refractivity contribution in [2.24, 2.45) is 16.6 Å². The van der Waals surface area contributed by atoms with Crippen LogP contribution in [-0.4, -0.2) is 38.5 Å². The number of amides is 1. The summed E-state index contributed by atoms with van der Waals surface area (Å²) >= 11 is 0. The smallest absolute Gasteiger partial charge is 0.305 e. The minimum atomic E-state index is -4.22. The number of ether oxygens (including phenoxy) is 1. The maximum absolute atomic E-state index is 13.3. The second-order valence-corrected chi connectivity index (χ2v) is 9.30. The highest BCUT2D eigenvalue weighted by Gasteiger charge is 2.27. The third kappa shape index (κ3) is 6.30. The highest BCUT2D eigenvalue weighted by atomic mass is 32.2. The molecule has 0 aliphatic carbocycles. The number of aliphatic carboxylic acids is 1. The second kappa shape index (κ2) is 11.2. The van der Waals surface area contributed by atoms with Crippen molar-refractivity contribution in [3.8, 4) is 5.75 Å². The van der Waals surface area contributed by atoms with Crippen LogP contribution >= 0.6 is 0 Å². The monoisotopic (exact) mass is 511 g/mol. The van der Waals surface area contributed by atoms with Gasteiger partial charge in [-0.2, -0.15) is 12.8 Å². The number of carboxylic acids is 1. The van der Waals surface area contributed by atoms with Gasteiger partial charge in [-0.15, -0.1) is 5.10 Å². The van der Waals surface area contributed by atoms with Crippen LogP contribution < -0.4 is 25.9 Å². The highest BCUT2D eigenvalue weighted by Crippen LogP contribution is 2.28. The van der Waals surface area contributed by atoms with E-state index in [9.17, 15) is 23.1 Å². The van der Waals surface area contributed by atoms with Gasteiger partial charge in [-0.3, -0.25) is 9.59 Å². The number of nitrogens with one attached hydrogen (secondary N) is 1. The maximum Gasteiger partial charge on any atom is 0.305 e. The van der Waals surface area contributed by atoms with Gasteiger partial charge in [0, 0.05) is 5.56 Å². The van der Waals surface area contributed by atoms with Crippen molar-refractivity contribution in [3.05, 3.63) is 90.0 Å². The lowest BCUT2D eigenvalue weighted by Gasteiger charge is -2.22. The van der Waals surface area contributed by atoms with E-state index in [2.05, 4.69) is 10.4 Å². The quantitative estimate of drug-likeness (QED) is 0.181. The molecule has 3 rings (SSSR count). The Morgan fingerprint density at radius 1 is 1.03 bits per heavy atom. The predicted octanol–water partition coefficient (Wildman–Crippen LogP) is 2.02. The van der Waals surface area contributed by atoms with Gasteiger partial charge in [0.15, 0.2) is 0 Å². The lowest BCUT2D eigenvalue weighted by atomic mass is 10.0. The number of carbonyl (C=O) groups is 2. The first-order valence-corrected chi connectivity index (χ1v) is 12.0. The molecule has 6 N–H and O–H groups in total. The minimum absolute atomic E-state index is 0.0406. The molecule has 0 fully saturated rings. The predicted molar refractivity (Wildman–Crippen MR) is 134 cm³/mol. The Morgan fingerprint density at radius 2 is 1.69 bits per heavy atom. The molecule has 0 saturated heterocycles. The van der Waals surface area contributed by atoms with Gasteiger partial charge in [0.05, 0.1) is 30.2 Å². The molecule has 3 aromatic rings. The first-order valence-electron chi connectivity index (χ1n) is 10.6. The summed E-state index contributed by atoms with van der Waals surface area (Å²) in [5, 5.41) is 15.9. The largest absolute Gasteiger partial charge is 0.497 e. The van der Waals surface area contributed by atoms with Crippen molar-refractivity contribution in [2.75, 3.05) is 11.5 Å². The Kier molecular flexibility index (Phi) is 8.12. The molecule has 0 radical (unpaired) electrons. The van der Waals surface area contributed by atoms with Crippen molar-refractivity contribution in [1.82, 2.24) is 5.32 Å². The van der Waals surface area contributed by atoms with E-state index < -0.39 is 40.3 Å². The van der Waals surface area contributed by atoms with E-state index in [4.69, 9.17) is 16.2 Å². The summed E-state index contributed by atoms with van der Waals surface area (Å²) < 4.78 is 32.3. The van der Waals surface area contributed by atoms with E-state index in [1.165, 1.54) is 49.6 Å². The third-order valence-corrected chi connectivity index (χ3v) is 6.62. The minimum Gasteiger partial charge on any atom is -0.497 e. The van der Waals surface area contributed by atoms with Gasteiger partial charge in [-0.1, -0.05) is 30.3 Å². The van der Waals surface area contributed by atoms with Crippen LogP contribution in [0.4, 0.5) is 5.69 Å². The number of nitrogens with zero attached hydrogens (tertiary/aromatic N) is 2. The molecule has 0 saturated carbocycles. The van der Waals surface area contributed by atoms with Crippen LogP contribution in [0.5, 0.6) is 5.75 Å². The summed E-state index contributed by atoms with van der Waals surface area (Å²) in [5.41, 5.74) is 11.7. The zero-order valence-electron chi connectivity index (χ0n) is 19.2. The average molecular weight is 512 g/mol. The molecule has 1 unspecified atom stereocenters. The standard InChI is InChI=1S/C24H25N5O6S/c1-35-19-12-10-16(11-13-19)23(32)27-21(15-22(30)31)17-6-5-7-18(14-17)29(28-24(25)26)36(33,34)20-8-3-2-4-9-20/h2-14,21H,15H2,1H3,(H,27,32)(H,30,31)(H4,25,26,28). The zero-order valence-corrected chi connectivity index (χ0v) is 20.1. The number of hydrogen-bond acceptors (Lipinski definition) is 6. The molecule has 0 aromatic heterocycles. The van der Waals surface area contributed by atoms with E-state index in [-0.39, 0.29) is 16.1 Å². The molecule has 0 spiro atoms. The highest BCUT2D eigenvalue weighted by molar-refractivity contribution is 7.92. The summed E-state index contributed by atoms with van der Waals surface area (Å²) in [6.07, 6.45) is -0.459. The molecular weight excluding hydrogens is 486 g/mol. The van der Waals surface area contributed by atoms with Crippen molar-refractivity contribution in [1.29, 1.82) is 0 Å². The summed E-state index contributed by atoms with van der Waals surface area (Å²) in [4.78, 5) is 24.3. The molecule has 188 valence electrons. The molecule has 3 aromatic carbocycles. The van der Waals surface area contributed by atoms with Crippen LogP contribution in [0.3, 0.4) is 0 Å². The fourth-order valence-corrected chi connectivity index (χ4v) is 4.61. The number of anilines is 1. The molecule has 0 aliphatic rings. The van der Waals surface area contributed by atoms with Crippen molar-refractivity contribution in [2.45, 2.75) is 17.4 Å². The molecule has 0 aliphatic heterocycles. The van der Waals surface area contributed by atoms with E-state index in [1.807, 2.05) is 0 Å². The molecule has 1 amide bonds. The number of rotatable bonds is 10. The number of sulfonamides is 1. The van der Waals surface area contributed by atoms with Crippen LogP contribution in [0.1, 0.15) is 28.4 Å². The van der Waals surface area contributed by atoms with Gasteiger partial charge in [0.2, 0.25) is 5.96 Å². The first kappa shape index (κ1) is 26.0. The van der Waals surface area contributed by atoms with E-state index in [1.54, 1.807) is 36.4 Å². The van der Waals surface area contributed by atoms with Gasteiger partial charge in [0.1, 0.15) is 5.75 Å². The average Bonchev–Trinajstić information content (AvgIpc) is 2.87. The van der Waals surface area contributed by atoms with Crippen LogP contribution in [0.25, 0.3) is 0 Å². The third-order valence-electron chi connectivity index (χ3n) is 5.00. The Hall–Kier alpha value is -4.58. The topological polar surface area (TPSA) is 177 Å². The Morgan fingerprint density at radius 3 is 2.28 bits per heavy atom. The van der Waals surface area contributed by atoms with Crippen LogP contribution in [-0.2, 0) is 14.8 Å². The number of carbonyl (C=O) groups excluding carboxylic acids is 1. The number of carboxylic acid groups (broad SMARTS) is 1. The van der Waals surface area contributed by atoms with Crippen LogP contribution in [0, 0.1) is 0 Å². The SMILES string of the molecule is COc1ccc(C(=O)NC(CC(=O)O)c2cccc(N(N=C(N)N)S(=O)(=O)c3ccccc3)c2)cc1. The molecular formula is C24H25N5O6S. The summed E-state index contributed by atoms with van der Waals surface area (Å²) in [6.45, 7) is 0. The molecule has 11 nitrogen and oxygen atoms in total. The number of methoxy groups -OCH3 is 1. The second-order valence-electron chi connectivity index (χ2n) is 7.53. The molecule has 36 heavy (non-hydrogen) atoms. The first-order chi connectivity index (χ1) is 17.1. The number of hydrogen-bond donors (Lipinski definition) is 4. The maximum atomic E-state index is 13.3. The molecule has 12 heteroatoms. The van der Waals surface area contributed by atoms with Crippen molar-refractivity contribution in [3.63, 3.8) is 0 Å².